The lowest BCUT2D eigenvalue weighted by Crippen LogP contribution is -2.30. The highest BCUT2D eigenvalue weighted by Gasteiger charge is 2.35. The summed E-state index contributed by atoms with van der Waals surface area (Å²) < 4.78 is 52.2. The fraction of sp³-hybridized carbons (Fsp3) is 0.154. The van der Waals surface area contributed by atoms with Crippen LogP contribution in [-0.4, -0.2) is 4.98 Å². The van der Waals surface area contributed by atoms with Gasteiger partial charge in [0, 0.05) is 18.0 Å². The zero-order valence-corrected chi connectivity index (χ0v) is 11.2. The number of hydrogen-bond donors (Lipinski definition) is 2. The molecular weight excluding hydrogens is 310 g/mol. The molecule has 1 unspecified atom stereocenters. The third-order valence-corrected chi connectivity index (χ3v) is 3.20. The lowest BCUT2D eigenvalue weighted by Gasteiger charge is -2.21. The first-order valence-electron chi connectivity index (χ1n) is 5.76. The quantitative estimate of drug-likeness (QED) is 0.517. The van der Waals surface area contributed by atoms with E-state index in [0.717, 1.165) is 24.5 Å². The number of nitrogens with two attached hydrogens (primary N) is 1. The summed E-state index contributed by atoms with van der Waals surface area (Å²) in [6, 6.07) is 3.41. The molecule has 0 aliphatic heterocycles. The highest BCUT2D eigenvalue weighted by Crippen LogP contribution is 2.36. The monoisotopic (exact) mass is 319 g/mol. The van der Waals surface area contributed by atoms with E-state index in [4.69, 9.17) is 17.4 Å². The van der Waals surface area contributed by atoms with Gasteiger partial charge in [-0.2, -0.15) is 13.2 Å². The summed E-state index contributed by atoms with van der Waals surface area (Å²) >= 11 is 5.65. The Labute approximate surface area is 122 Å². The van der Waals surface area contributed by atoms with Crippen LogP contribution in [0.1, 0.15) is 22.7 Å². The topological polar surface area (TPSA) is 50.9 Å². The number of benzene rings is 1. The van der Waals surface area contributed by atoms with E-state index in [1.165, 1.54) is 12.1 Å². The Balaban J connectivity index is 2.54. The van der Waals surface area contributed by atoms with Gasteiger partial charge in [-0.15, -0.1) is 0 Å². The summed E-state index contributed by atoms with van der Waals surface area (Å²) in [5, 5.41) is -0.204. The van der Waals surface area contributed by atoms with E-state index >= 15 is 0 Å². The Morgan fingerprint density at radius 2 is 1.95 bits per heavy atom. The maximum Gasteiger partial charge on any atom is 0.416 e. The van der Waals surface area contributed by atoms with Gasteiger partial charge in [-0.25, -0.2) is 9.82 Å². The molecule has 0 bridgehead atoms. The number of rotatable bonds is 3. The second-order valence-corrected chi connectivity index (χ2v) is 4.64. The van der Waals surface area contributed by atoms with E-state index in [1.807, 2.05) is 0 Å². The Kier molecular flexibility index (Phi) is 4.46. The highest BCUT2D eigenvalue weighted by atomic mass is 35.5. The maximum absolute atomic E-state index is 13.2. The Hall–Kier alpha value is -1.70. The molecule has 0 aliphatic carbocycles. The van der Waals surface area contributed by atoms with Crippen LogP contribution < -0.4 is 11.3 Å². The first-order chi connectivity index (χ1) is 9.84. The highest BCUT2D eigenvalue weighted by molar-refractivity contribution is 6.30. The molecule has 1 aromatic carbocycles. The zero-order chi connectivity index (χ0) is 15.6. The van der Waals surface area contributed by atoms with Crippen LogP contribution in [0.3, 0.4) is 0 Å². The van der Waals surface area contributed by atoms with Crippen LogP contribution in [0.5, 0.6) is 0 Å². The number of pyridine rings is 1. The standard InChI is InChI=1S/C13H10ClF4N3/c14-10-5-7(1-2-11(10)15)12(21-19)8-6-20-4-3-9(8)13(16,17)18/h1-6,12,21H,19H2. The molecule has 1 heterocycles. The number of hydrogen-bond acceptors (Lipinski definition) is 3. The Morgan fingerprint density at radius 1 is 1.24 bits per heavy atom. The van der Waals surface area contributed by atoms with Crippen molar-refractivity contribution in [2.45, 2.75) is 12.2 Å². The third kappa shape index (κ3) is 3.31. The number of hydrazine groups is 1. The average molecular weight is 320 g/mol. The summed E-state index contributed by atoms with van der Waals surface area (Å²) in [5.74, 6) is 4.69. The van der Waals surface area contributed by atoms with Gasteiger partial charge in [-0.1, -0.05) is 17.7 Å². The first-order valence-corrected chi connectivity index (χ1v) is 6.14. The van der Waals surface area contributed by atoms with Crippen LogP contribution in [0.2, 0.25) is 5.02 Å². The number of nitrogens with zero attached hydrogens (tertiary/aromatic N) is 1. The smallest absolute Gasteiger partial charge is 0.271 e. The first kappa shape index (κ1) is 15.7. The molecule has 0 aliphatic rings. The molecule has 112 valence electrons. The fourth-order valence-electron chi connectivity index (χ4n) is 1.95. The second kappa shape index (κ2) is 5.97. The molecule has 1 aromatic heterocycles. The molecule has 0 spiro atoms. The maximum atomic E-state index is 13.2. The predicted octanol–water partition coefficient (Wildman–Crippen LogP) is 3.45. The van der Waals surface area contributed by atoms with Gasteiger partial charge >= 0.3 is 6.18 Å². The van der Waals surface area contributed by atoms with Gasteiger partial charge in [0.1, 0.15) is 5.82 Å². The molecule has 2 aromatic rings. The minimum atomic E-state index is -4.56. The van der Waals surface area contributed by atoms with Crippen LogP contribution in [-0.2, 0) is 6.18 Å². The Bertz CT molecular complexity index is 646. The van der Waals surface area contributed by atoms with Crippen LogP contribution in [0.4, 0.5) is 17.6 Å². The van der Waals surface area contributed by atoms with Gasteiger partial charge < -0.3 is 0 Å². The fourth-order valence-corrected chi connectivity index (χ4v) is 2.14. The number of alkyl halides is 3. The summed E-state index contributed by atoms with van der Waals surface area (Å²) in [6.07, 6.45) is -2.46. The van der Waals surface area contributed by atoms with Crippen molar-refractivity contribution in [1.82, 2.24) is 10.4 Å². The lowest BCUT2D eigenvalue weighted by molar-refractivity contribution is -0.138. The van der Waals surface area contributed by atoms with Crippen LogP contribution in [0.15, 0.2) is 36.7 Å². The van der Waals surface area contributed by atoms with Gasteiger partial charge in [0.05, 0.1) is 16.6 Å². The van der Waals surface area contributed by atoms with Crippen LogP contribution >= 0.6 is 11.6 Å². The van der Waals surface area contributed by atoms with E-state index in [2.05, 4.69) is 10.4 Å². The predicted molar refractivity (Wildman–Crippen MR) is 69.8 cm³/mol. The average Bonchev–Trinajstić information content (AvgIpc) is 2.43. The van der Waals surface area contributed by atoms with E-state index in [-0.39, 0.29) is 10.6 Å². The molecule has 3 N–H and O–H groups in total. The van der Waals surface area contributed by atoms with E-state index in [9.17, 15) is 17.6 Å². The van der Waals surface area contributed by atoms with Crippen molar-refractivity contribution >= 4 is 11.6 Å². The molecule has 0 saturated heterocycles. The third-order valence-electron chi connectivity index (χ3n) is 2.91. The van der Waals surface area contributed by atoms with Gasteiger partial charge in [-0.05, 0) is 23.8 Å². The van der Waals surface area contributed by atoms with Crippen LogP contribution in [0.25, 0.3) is 0 Å². The van der Waals surface area contributed by atoms with Gasteiger partial charge in [0.25, 0.3) is 0 Å². The second-order valence-electron chi connectivity index (χ2n) is 4.23. The van der Waals surface area contributed by atoms with Crippen molar-refractivity contribution in [2.24, 2.45) is 5.84 Å². The van der Waals surface area contributed by atoms with E-state index < -0.39 is 23.6 Å². The van der Waals surface area contributed by atoms with Crippen molar-refractivity contribution in [3.63, 3.8) is 0 Å². The number of nitrogens with one attached hydrogen (secondary N) is 1. The molecule has 2 rings (SSSR count). The molecule has 21 heavy (non-hydrogen) atoms. The largest absolute Gasteiger partial charge is 0.416 e. The normalized spacial score (nSPS) is 13.2. The molecule has 0 fully saturated rings. The summed E-state index contributed by atoms with van der Waals surface area (Å²) in [6.45, 7) is 0. The lowest BCUT2D eigenvalue weighted by atomic mass is 9.96. The summed E-state index contributed by atoms with van der Waals surface area (Å²) in [4.78, 5) is 3.69. The van der Waals surface area contributed by atoms with Crippen molar-refractivity contribution in [3.05, 3.63) is 64.2 Å². The number of halogens is 5. The molecular formula is C13H10ClF4N3. The molecule has 8 heteroatoms. The minimum Gasteiger partial charge on any atom is -0.271 e. The SMILES string of the molecule is NNC(c1ccc(F)c(Cl)c1)c1cnccc1C(F)(F)F. The number of aromatic nitrogens is 1. The van der Waals surface area contributed by atoms with Crippen molar-refractivity contribution < 1.29 is 17.6 Å². The summed E-state index contributed by atoms with van der Waals surface area (Å²) in [5.41, 5.74) is 1.52. The van der Waals surface area contributed by atoms with Crippen molar-refractivity contribution in [1.29, 1.82) is 0 Å². The zero-order valence-electron chi connectivity index (χ0n) is 10.5. The van der Waals surface area contributed by atoms with Gasteiger partial charge in [-0.3, -0.25) is 10.8 Å². The van der Waals surface area contributed by atoms with Gasteiger partial charge in [0.2, 0.25) is 0 Å². The molecule has 0 saturated carbocycles. The van der Waals surface area contributed by atoms with E-state index in [1.54, 1.807) is 0 Å². The molecule has 0 amide bonds. The molecule has 3 nitrogen and oxygen atoms in total. The molecule has 1 atom stereocenters. The summed E-state index contributed by atoms with van der Waals surface area (Å²) in [7, 11) is 0. The molecule has 0 radical (unpaired) electrons. The van der Waals surface area contributed by atoms with E-state index in [0.29, 0.717) is 5.56 Å². The van der Waals surface area contributed by atoms with Crippen LogP contribution in [0, 0.1) is 5.82 Å². The van der Waals surface area contributed by atoms with Gasteiger partial charge in [0.15, 0.2) is 0 Å². The van der Waals surface area contributed by atoms with Crippen molar-refractivity contribution in [2.75, 3.05) is 0 Å². The minimum absolute atomic E-state index is 0.171. The van der Waals surface area contributed by atoms with Crippen molar-refractivity contribution in [3.8, 4) is 0 Å². The Morgan fingerprint density at radius 3 is 2.52 bits per heavy atom.